The van der Waals surface area contributed by atoms with E-state index in [-0.39, 0.29) is 5.41 Å². The van der Waals surface area contributed by atoms with Crippen LogP contribution in [-0.4, -0.2) is 4.57 Å². The molecule has 0 N–H and O–H groups in total. The Balaban J connectivity index is 0.884. The lowest BCUT2D eigenvalue weighted by Gasteiger charge is -2.35. The highest BCUT2D eigenvalue weighted by molar-refractivity contribution is 6.10. The van der Waals surface area contributed by atoms with E-state index in [0.29, 0.717) is 0 Å². The van der Waals surface area contributed by atoms with Crippen LogP contribution in [0.15, 0.2) is 274 Å². The highest BCUT2D eigenvalue weighted by atomic mass is 16.5. The molecule has 12 aromatic rings. The molecule has 0 amide bonds. The minimum Gasteiger partial charge on any atom is -0.457 e. The fraction of sp³-hybridized carbons (Fsp3) is 0.0667. The molecule has 0 spiro atoms. The minimum absolute atomic E-state index is 0.00317. The first-order valence-corrected chi connectivity index (χ1v) is 27.0. The molecule has 13 rings (SSSR count). The van der Waals surface area contributed by atoms with Gasteiger partial charge in [-0.25, -0.2) is 0 Å². The van der Waals surface area contributed by atoms with E-state index >= 15 is 0 Å². The third-order valence-electron chi connectivity index (χ3n) is 15.7. The van der Waals surface area contributed by atoms with Crippen LogP contribution in [0.4, 0.5) is 17.1 Å². The number of hydrogen-bond donors (Lipinski definition) is 0. The molecule has 0 fully saturated rings. The monoisotopic (exact) mass is 1020 g/mol. The normalized spacial score (nSPS) is 13.7. The van der Waals surface area contributed by atoms with Crippen molar-refractivity contribution in [2.45, 2.75) is 31.6 Å². The second kappa shape index (κ2) is 19.9. The van der Waals surface area contributed by atoms with Gasteiger partial charge in [-0.15, -0.1) is 0 Å². The Morgan fingerprint density at radius 1 is 0.405 bits per heavy atom. The van der Waals surface area contributed by atoms with E-state index in [1.165, 1.54) is 49.7 Å². The van der Waals surface area contributed by atoms with Gasteiger partial charge in [-0.05, 0) is 182 Å². The summed E-state index contributed by atoms with van der Waals surface area (Å²) in [6.07, 6.45) is 3.68. The molecule has 0 bridgehead atoms. The van der Waals surface area contributed by atoms with Crippen LogP contribution in [0.3, 0.4) is 0 Å². The van der Waals surface area contributed by atoms with Gasteiger partial charge >= 0.3 is 0 Å². The Labute approximate surface area is 463 Å². The Bertz CT molecular complexity index is 4210. The zero-order chi connectivity index (χ0) is 53.7. The lowest BCUT2D eigenvalue weighted by Crippen LogP contribution is -2.29. The van der Waals surface area contributed by atoms with Crippen molar-refractivity contribution in [3.05, 3.63) is 313 Å². The number of benzene rings is 11. The zero-order valence-corrected chi connectivity index (χ0v) is 44.6. The lowest BCUT2D eigenvalue weighted by molar-refractivity contribution is 0.482. The predicted molar refractivity (Wildman–Crippen MR) is 330 cm³/mol. The molecule has 0 saturated carbocycles. The molecule has 1 aromatic heterocycles. The molecule has 4 nitrogen and oxygen atoms in total. The van der Waals surface area contributed by atoms with Crippen molar-refractivity contribution < 1.29 is 9.47 Å². The van der Waals surface area contributed by atoms with Crippen molar-refractivity contribution in [3.8, 4) is 50.9 Å². The van der Waals surface area contributed by atoms with E-state index < -0.39 is 5.41 Å². The molecule has 1 atom stereocenters. The highest BCUT2D eigenvalue weighted by Gasteiger charge is 2.46. The predicted octanol–water partition coefficient (Wildman–Crippen LogP) is 20.5. The maximum atomic E-state index is 6.44. The number of para-hydroxylation sites is 2. The molecule has 1 heterocycles. The van der Waals surface area contributed by atoms with Crippen molar-refractivity contribution in [1.29, 1.82) is 0 Å². The number of hydrogen-bond acceptors (Lipinski definition) is 3. The summed E-state index contributed by atoms with van der Waals surface area (Å²) in [5, 5.41) is 2.40. The number of anilines is 3. The third kappa shape index (κ3) is 8.78. The smallest absolute Gasteiger partial charge is 0.127 e. The van der Waals surface area contributed by atoms with E-state index in [1.807, 2.05) is 72.8 Å². The van der Waals surface area contributed by atoms with Gasteiger partial charge in [0.05, 0.1) is 16.4 Å². The number of aromatic nitrogens is 1. The van der Waals surface area contributed by atoms with E-state index in [9.17, 15) is 0 Å². The Kier molecular flexibility index (Phi) is 12.3. The summed E-state index contributed by atoms with van der Waals surface area (Å²) in [5.41, 5.74) is 18.9. The van der Waals surface area contributed by atoms with E-state index in [4.69, 9.17) is 9.47 Å². The standard InChI is InChI=1S/C75H58N2O2/c1-6-51-21-39-62(40-22-51)78-64-43-32-57(33-44-64)75(56-30-28-55(29-31-56)74(3,4)5)70-19-13-11-17-66(70)67-47-38-61(50-71(67)75)76(58-15-9-8-10-16-58)59-34-25-53(26-35-59)54-27-48-73-69(49-54)68-18-12-14-20-72(68)77(73)60-36-45-65(46-37-60)79-63-41-23-52(7-2)24-42-63/h6-50H,1-2H2,3-5H3. The van der Waals surface area contributed by atoms with Crippen LogP contribution in [-0.2, 0) is 10.8 Å². The molecule has 1 aliphatic carbocycles. The van der Waals surface area contributed by atoms with Crippen LogP contribution in [0.2, 0.25) is 0 Å². The Hall–Kier alpha value is -9.90. The van der Waals surface area contributed by atoms with Crippen LogP contribution in [0.5, 0.6) is 23.0 Å². The fourth-order valence-electron chi connectivity index (χ4n) is 11.7. The second-order valence-corrected chi connectivity index (χ2v) is 21.4. The topological polar surface area (TPSA) is 26.6 Å². The summed E-state index contributed by atoms with van der Waals surface area (Å²) in [7, 11) is 0. The minimum atomic E-state index is -0.646. The molecular weight excluding hydrogens is 961 g/mol. The number of fused-ring (bicyclic) bond motifs is 6. The van der Waals surface area contributed by atoms with Crippen LogP contribution in [0.25, 0.3) is 61.9 Å². The van der Waals surface area contributed by atoms with Gasteiger partial charge in [0.2, 0.25) is 0 Å². The summed E-state index contributed by atoms with van der Waals surface area (Å²) in [5.74, 6) is 3.13. The summed E-state index contributed by atoms with van der Waals surface area (Å²) < 4.78 is 15.0. The van der Waals surface area contributed by atoms with Crippen molar-refractivity contribution in [3.63, 3.8) is 0 Å². The average molecular weight is 1020 g/mol. The molecule has 79 heavy (non-hydrogen) atoms. The van der Waals surface area contributed by atoms with Gasteiger partial charge in [0.15, 0.2) is 0 Å². The maximum Gasteiger partial charge on any atom is 0.127 e. The molecule has 4 heteroatoms. The third-order valence-corrected chi connectivity index (χ3v) is 15.7. The van der Waals surface area contributed by atoms with Gasteiger partial charge < -0.3 is 18.9 Å². The van der Waals surface area contributed by atoms with Gasteiger partial charge in [0.1, 0.15) is 23.0 Å². The van der Waals surface area contributed by atoms with E-state index in [0.717, 1.165) is 79.0 Å². The van der Waals surface area contributed by atoms with E-state index in [2.05, 4.69) is 244 Å². The largest absolute Gasteiger partial charge is 0.457 e. The molecular formula is C75H58N2O2. The molecule has 0 saturated heterocycles. The van der Waals surface area contributed by atoms with Gasteiger partial charge in [0, 0.05) is 33.5 Å². The van der Waals surface area contributed by atoms with Crippen molar-refractivity contribution in [2.24, 2.45) is 0 Å². The van der Waals surface area contributed by atoms with E-state index in [1.54, 1.807) is 0 Å². The van der Waals surface area contributed by atoms with Gasteiger partial charge in [-0.1, -0.05) is 192 Å². The molecule has 1 aliphatic rings. The fourth-order valence-corrected chi connectivity index (χ4v) is 11.7. The van der Waals surface area contributed by atoms with Crippen molar-refractivity contribution in [2.75, 3.05) is 4.90 Å². The number of nitrogens with zero attached hydrogens (tertiary/aromatic N) is 2. The first kappa shape index (κ1) is 48.7. The number of rotatable bonds is 13. The summed E-state index contributed by atoms with van der Waals surface area (Å²) in [6.45, 7) is 14.6. The molecule has 11 aromatic carbocycles. The second-order valence-electron chi connectivity index (χ2n) is 21.4. The maximum absolute atomic E-state index is 6.44. The molecule has 0 aliphatic heterocycles. The first-order valence-electron chi connectivity index (χ1n) is 27.0. The molecule has 380 valence electrons. The van der Waals surface area contributed by atoms with Crippen LogP contribution in [0, 0.1) is 0 Å². The Morgan fingerprint density at radius 3 is 1.52 bits per heavy atom. The van der Waals surface area contributed by atoms with Gasteiger partial charge in [-0.2, -0.15) is 0 Å². The number of ether oxygens (including phenoxy) is 2. The summed E-state index contributed by atoms with van der Waals surface area (Å²) >= 11 is 0. The first-order chi connectivity index (χ1) is 38.7. The summed E-state index contributed by atoms with van der Waals surface area (Å²) in [4.78, 5) is 2.39. The quantitative estimate of drug-likeness (QED) is 0.115. The van der Waals surface area contributed by atoms with Crippen molar-refractivity contribution in [1.82, 2.24) is 4.57 Å². The molecule has 1 unspecified atom stereocenters. The molecule has 0 radical (unpaired) electrons. The average Bonchev–Trinajstić information content (AvgIpc) is 3.77. The van der Waals surface area contributed by atoms with Gasteiger partial charge in [0.25, 0.3) is 0 Å². The van der Waals surface area contributed by atoms with Crippen LogP contribution >= 0.6 is 0 Å². The van der Waals surface area contributed by atoms with Crippen LogP contribution in [0.1, 0.15) is 59.7 Å². The zero-order valence-electron chi connectivity index (χ0n) is 44.6. The SMILES string of the molecule is C=Cc1ccc(Oc2ccc(-n3c4ccccc4c4cc(-c5ccc(N(c6ccccc6)c6ccc7c(c6)C(c6ccc(Oc8ccc(C=C)cc8)cc6)(c6ccc(C(C)(C)C)cc6)c6ccccc6-7)cc5)ccc43)cc2)cc1. The van der Waals surface area contributed by atoms with Crippen LogP contribution < -0.4 is 14.4 Å². The van der Waals surface area contributed by atoms with Crippen molar-refractivity contribution >= 4 is 51.0 Å². The summed E-state index contributed by atoms with van der Waals surface area (Å²) in [6, 6.07) is 93.7. The lowest BCUT2D eigenvalue weighted by atomic mass is 9.67. The van der Waals surface area contributed by atoms with Gasteiger partial charge in [-0.3, -0.25) is 0 Å². The highest BCUT2D eigenvalue weighted by Crippen LogP contribution is 2.58. The Morgan fingerprint density at radius 2 is 0.899 bits per heavy atom.